The Hall–Kier alpha value is -1.90. The Bertz CT molecular complexity index is 1020. The Morgan fingerprint density at radius 1 is 1.00 bits per heavy atom. The van der Waals surface area contributed by atoms with Crippen LogP contribution in [0.3, 0.4) is 0 Å². The lowest BCUT2D eigenvalue weighted by Crippen LogP contribution is -2.51. The van der Waals surface area contributed by atoms with E-state index in [-0.39, 0.29) is 12.5 Å². The molecule has 1 amide bonds. The number of carbonyl (C=O) groups is 1. The lowest BCUT2D eigenvalue weighted by molar-refractivity contribution is -0.130. The molecule has 1 fully saturated rings. The van der Waals surface area contributed by atoms with Crippen molar-refractivity contribution in [1.29, 1.82) is 0 Å². The summed E-state index contributed by atoms with van der Waals surface area (Å²) in [6, 6.07) is 13.1. The molecular formula is C21H24BrN3O3S. The number of amides is 1. The van der Waals surface area contributed by atoms with Crippen molar-refractivity contribution < 1.29 is 13.2 Å². The zero-order valence-corrected chi connectivity index (χ0v) is 18.5. The van der Waals surface area contributed by atoms with Gasteiger partial charge in [0.2, 0.25) is 15.9 Å². The summed E-state index contributed by atoms with van der Waals surface area (Å²) in [5.74, 6) is -0.0282. The molecule has 0 unspecified atom stereocenters. The number of nitrogens with one attached hydrogen (secondary N) is 1. The fraction of sp³-hybridized carbons (Fsp3) is 0.381. The molecule has 0 aromatic heterocycles. The highest BCUT2D eigenvalue weighted by molar-refractivity contribution is 9.10. The van der Waals surface area contributed by atoms with Gasteiger partial charge < -0.3 is 10.2 Å². The van der Waals surface area contributed by atoms with Gasteiger partial charge in [-0.2, -0.15) is 4.31 Å². The van der Waals surface area contributed by atoms with Crippen molar-refractivity contribution in [1.82, 2.24) is 9.21 Å². The van der Waals surface area contributed by atoms with E-state index in [2.05, 4.69) is 21.2 Å². The number of piperazine rings is 1. The van der Waals surface area contributed by atoms with Gasteiger partial charge in [0.05, 0.1) is 11.4 Å². The number of halogens is 1. The zero-order chi connectivity index (χ0) is 20.4. The van der Waals surface area contributed by atoms with Gasteiger partial charge in [-0.05, 0) is 60.7 Å². The van der Waals surface area contributed by atoms with Crippen LogP contribution in [0.25, 0.3) is 0 Å². The molecule has 4 rings (SSSR count). The minimum absolute atomic E-state index is 0.0282. The van der Waals surface area contributed by atoms with E-state index in [1.54, 1.807) is 11.0 Å². The van der Waals surface area contributed by atoms with Crippen LogP contribution in [0.15, 0.2) is 51.8 Å². The van der Waals surface area contributed by atoms with Crippen LogP contribution < -0.4 is 5.32 Å². The zero-order valence-electron chi connectivity index (χ0n) is 16.1. The second-order valence-corrected chi connectivity index (χ2v) is 10.3. The Kier molecular flexibility index (Phi) is 5.94. The third kappa shape index (κ3) is 4.49. The molecule has 2 aromatic carbocycles. The Morgan fingerprint density at radius 2 is 1.76 bits per heavy atom. The van der Waals surface area contributed by atoms with Crippen LogP contribution in [0.2, 0.25) is 0 Å². The molecule has 1 saturated heterocycles. The number of hydrogen-bond acceptors (Lipinski definition) is 4. The normalized spacial score (nSPS) is 17.2. The molecule has 1 aliphatic heterocycles. The topological polar surface area (TPSA) is 69.7 Å². The number of aryl methyl sites for hydroxylation is 2. The van der Waals surface area contributed by atoms with Gasteiger partial charge in [0.1, 0.15) is 0 Å². The van der Waals surface area contributed by atoms with Crippen LogP contribution in [0.5, 0.6) is 0 Å². The summed E-state index contributed by atoms with van der Waals surface area (Å²) >= 11 is 3.41. The number of hydrogen-bond donors (Lipinski definition) is 1. The molecular weight excluding hydrogens is 454 g/mol. The van der Waals surface area contributed by atoms with Crippen LogP contribution in [0.4, 0.5) is 5.69 Å². The number of carbonyl (C=O) groups excluding carboxylic acids is 1. The first-order chi connectivity index (χ1) is 13.9. The van der Waals surface area contributed by atoms with E-state index >= 15 is 0 Å². The average molecular weight is 478 g/mol. The van der Waals surface area contributed by atoms with E-state index < -0.39 is 10.0 Å². The van der Waals surface area contributed by atoms with Gasteiger partial charge >= 0.3 is 0 Å². The molecule has 1 aliphatic carbocycles. The molecule has 6 nitrogen and oxygen atoms in total. The Morgan fingerprint density at radius 3 is 2.52 bits per heavy atom. The van der Waals surface area contributed by atoms with Crippen molar-refractivity contribution in [2.24, 2.45) is 0 Å². The molecule has 29 heavy (non-hydrogen) atoms. The first kappa shape index (κ1) is 20.4. The smallest absolute Gasteiger partial charge is 0.243 e. The van der Waals surface area contributed by atoms with Crippen LogP contribution in [-0.4, -0.2) is 56.3 Å². The van der Waals surface area contributed by atoms with Crippen LogP contribution >= 0.6 is 15.9 Å². The summed E-state index contributed by atoms with van der Waals surface area (Å²) in [5.41, 5.74) is 3.28. The fourth-order valence-corrected chi connectivity index (χ4v) is 5.80. The summed E-state index contributed by atoms with van der Waals surface area (Å²) in [5, 5.41) is 3.12. The monoisotopic (exact) mass is 477 g/mol. The fourth-order valence-electron chi connectivity index (χ4n) is 3.92. The summed E-state index contributed by atoms with van der Waals surface area (Å²) in [4.78, 5) is 14.6. The van der Waals surface area contributed by atoms with Crippen molar-refractivity contribution in [3.8, 4) is 0 Å². The third-order valence-electron chi connectivity index (χ3n) is 5.57. The minimum Gasteiger partial charge on any atom is -0.376 e. The third-order valence-corrected chi connectivity index (χ3v) is 7.96. The molecule has 0 radical (unpaired) electrons. The number of anilines is 1. The van der Waals surface area contributed by atoms with Crippen LogP contribution in [0, 0.1) is 0 Å². The Labute approximate surface area is 180 Å². The molecule has 1 heterocycles. The van der Waals surface area contributed by atoms with E-state index in [0.29, 0.717) is 31.1 Å². The number of fused-ring (bicyclic) bond motifs is 1. The van der Waals surface area contributed by atoms with Crippen molar-refractivity contribution in [3.63, 3.8) is 0 Å². The lowest BCUT2D eigenvalue weighted by Gasteiger charge is -2.34. The SMILES string of the molecule is O=C(CNc1cccc(Br)c1)N1CCN(S(=O)(=O)c2ccc3c(c2)CCC3)CC1. The van der Waals surface area contributed by atoms with Gasteiger partial charge in [0, 0.05) is 36.3 Å². The Balaban J connectivity index is 1.34. The molecule has 8 heteroatoms. The molecule has 0 spiro atoms. The molecule has 1 N–H and O–H groups in total. The van der Waals surface area contributed by atoms with Crippen molar-refractivity contribution >= 4 is 37.5 Å². The van der Waals surface area contributed by atoms with Gasteiger partial charge in [0.15, 0.2) is 0 Å². The minimum atomic E-state index is -3.52. The van der Waals surface area contributed by atoms with Crippen molar-refractivity contribution in [2.45, 2.75) is 24.2 Å². The van der Waals surface area contributed by atoms with E-state index in [9.17, 15) is 13.2 Å². The number of sulfonamides is 1. The van der Waals surface area contributed by atoms with Crippen molar-refractivity contribution in [2.75, 3.05) is 38.0 Å². The molecule has 2 aromatic rings. The summed E-state index contributed by atoms with van der Waals surface area (Å²) in [6.45, 7) is 1.64. The van der Waals surface area contributed by atoms with E-state index in [1.165, 1.54) is 9.87 Å². The van der Waals surface area contributed by atoms with E-state index in [0.717, 1.165) is 35.0 Å². The van der Waals surface area contributed by atoms with Crippen LogP contribution in [0.1, 0.15) is 17.5 Å². The molecule has 0 saturated carbocycles. The molecule has 2 aliphatic rings. The lowest BCUT2D eigenvalue weighted by atomic mass is 10.1. The highest BCUT2D eigenvalue weighted by Crippen LogP contribution is 2.26. The average Bonchev–Trinajstić information content (AvgIpc) is 3.20. The first-order valence-electron chi connectivity index (χ1n) is 9.83. The molecule has 0 atom stereocenters. The summed E-state index contributed by atoms with van der Waals surface area (Å²) in [7, 11) is -3.52. The highest BCUT2D eigenvalue weighted by Gasteiger charge is 2.30. The van der Waals surface area contributed by atoms with Crippen molar-refractivity contribution in [3.05, 3.63) is 58.1 Å². The summed E-state index contributed by atoms with van der Waals surface area (Å²) < 4.78 is 28.5. The largest absolute Gasteiger partial charge is 0.376 e. The second-order valence-electron chi connectivity index (χ2n) is 7.43. The maximum atomic E-state index is 13.0. The standard InChI is InChI=1S/C21H24BrN3O3S/c22-18-5-2-6-19(14-18)23-15-21(26)24-9-11-25(12-10-24)29(27,28)20-8-7-16-3-1-4-17(16)13-20/h2,5-8,13-14,23H,1,3-4,9-12,15H2. The van der Waals surface area contributed by atoms with Gasteiger partial charge in [-0.15, -0.1) is 0 Å². The van der Waals surface area contributed by atoms with E-state index in [1.807, 2.05) is 36.4 Å². The maximum absolute atomic E-state index is 13.0. The molecule has 0 bridgehead atoms. The van der Waals surface area contributed by atoms with Gasteiger partial charge in [0.25, 0.3) is 0 Å². The van der Waals surface area contributed by atoms with Gasteiger partial charge in [-0.1, -0.05) is 28.1 Å². The molecule has 154 valence electrons. The first-order valence-corrected chi connectivity index (χ1v) is 12.1. The number of rotatable bonds is 5. The van der Waals surface area contributed by atoms with E-state index in [4.69, 9.17) is 0 Å². The predicted molar refractivity (Wildman–Crippen MR) is 116 cm³/mol. The van der Waals surface area contributed by atoms with Gasteiger partial charge in [-0.3, -0.25) is 4.79 Å². The summed E-state index contributed by atoms with van der Waals surface area (Å²) in [6.07, 6.45) is 3.07. The number of benzene rings is 2. The van der Waals surface area contributed by atoms with Crippen LogP contribution in [-0.2, 0) is 27.7 Å². The highest BCUT2D eigenvalue weighted by atomic mass is 79.9. The second kappa shape index (κ2) is 8.45. The van der Waals surface area contributed by atoms with Gasteiger partial charge in [-0.25, -0.2) is 8.42 Å². The number of nitrogens with zero attached hydrogens (tertiary/aromatic N) is 2. The maximum Gasteiger partial charge on any atom is 0.243 e. The quantitative estimate of drug-likeness (QED) is 0.718. The predicted octanol–water partition coefficient (Wildman–Crippen LogP) is 2.88.